The first kappa shape index (κ1) is 19.7. The largest absolute Gasteiger partial charge is 0.456 e. The molecule has 0 bridgehead atoms. The molecule has 5 rings (SSSR count). The van der Waals surface area contributed by atoms with Crippen LogP contribution in [0, 0.1) is 19.8 Å². The van der Waals surface area contributed by atoms with Crippen LogP contribution in [-0.4, -0.2) is 0 Å². The van der Waals surface area contributed by atoms with Crippen LogP contribution in [0.5, 0.6) is 23.0 Å². The van der Waals surface area contributed by atoms with E-state index in [0.29, 0.717) is 5.92 Å². The second kappa shape index (κ2) is 8.11. The predicted octanol–water partition coefficient (Wildman–Crippen LogP) is 8.17. The van der Waals surface area contributed by atoms with Crippen LogP contribution in [0.2, 0.25) is 0 Å². The Morgan fingerprint density at radius 2 is 1.13 bits per heavy atom. The SMILES string of the molecule is Cc1ccccc1Oc1c2c(c(Oc3ccccc3C)c3ccccc13)CC(C)CC2. The van der Waals surface area contributed by atoms with Gasteiger partial charge in [-0.25, -0.2) is 0 Å². The number of hydrogen-bond donors (Lipinski definition) is 0. The van der Waals surface area contributed by atoms with Crippen molar-refractivity contribution in [1.82, 2.24) is 0 Å². The lowest BCUT2D eigenvalue weighted by molar-refractivity contribution is 0.431. The van der Waals surface area contributed by atoms with E-state index in [1.807, 2.05) is 12.1 Å². The zero-order valence-corrected chi connectivity index (χ0v) is 18.4. The fourth-order valence-corrected chi connectivity index (χ4v) is 4.59. The number of hydrogen-bond acceptors (Lipinski definition) is 2. The van der Waals surface area contributed by atoms with Crippen molar-refractivity contribution in [2.75, 3.05) is 0 Å². The fraction of sp³-hybridized carbons (Fsp3) is 0.241. The molecule has 1 aliphatic carbocycles. The molecular formula is C29H28O2. The first-order chi connectivity index (χ1) is 15.1. The standard InChI is InChI=1S/C29H28O2/c1-19-16-17-24-25(18-19)29(31-27-15-9-5-11-21(27)3)23-13-7-6-12-22(23)28(24)30-26-14-8-4-10-20(26)2/h4-15,19H,16-18H2,1-3H3. The molecule has 0 amide bonds. The number of ether oxygens (including phenoxy) is 2. The summed E-state index contributed by atoms with van der Waals surface area (Å²) in [5, 5.41) is 2.23. The van der Waals surface area contributed by atoms with E-state index in [4.69, 9.17) is 9.47 Å². The van der Waals surface area contributed by atoms with Crippen molar-refractivity contribution in [3.8, 4) is 23.0 Å². The van der Waals surface area contributed by atoms with E-state index in [0.717, 1.165) is 57.7 Å². The molecule has 1 atom stereocenters. The van der Waals surface area contributed by atoms with Gasteiger partial charge in [0.2, 0.25) is 0 Å². The Morgan fingerprint density at radius 3 is 1.68 bits per heavy atom. The van der Waals surface area contributed by atoms with Crippen LogP contribution in [0.15, 0.2) is 72.8 Å². The molecule has 0 aromatic heterocycles. The maximum Gasteiger partial charge on any atom is 0.139 e. The fourth-order valence-electron chi connectivity index (χ4n) is 4.59. The average molecular weight is 409 g/mol. The van der Waals surface area contributed by atoms with Gasteiger partial charge < -0.3 is 9.47 Å². The average Bonchev–Trinajstić information content (AvgIpc) is 2.78. The number of aryl methyl sites for hydroxylation is 2. The summed E-state index contributed by atoms with van der Waals surface area (Å²) in [5.74, 6) is 4.44. The summed E-state index contributed by atoms with van der Waals surface area (Å²) < 4.78 is 13.3. The van der Waals surface area contributed by atoms with Crippen LogP contribution < -0.4 is 9.47 Å². The van der Waals surface area contributed by atoms with Crippen LogP contribution in [0.4, 0.5) is 0 Å². The van der Waals surface area contributed by atoms with E-state index in [1.165, 1.54) is 17.5 Å². The van der Waals surface area contributed by atoms with Crippen molar-refractivity contribution < 1.29 is 9.47 Å². The second-order valence-corrected chi connectivity index (χ2v) is 8.74. The van der Waals surface area contributed by atoms with Crippen molar-refractivity contribution in [1.29, 1.82) is 0 Å². The summed E-state index contributed by atoms with van der Waals surface area (Å²) in [6.45, 7) is 6.53. The van der Waals surface area contributed by atoms with E-state index in [9.17, 15) is 0 Å². The molecule has 4 aromatic rings. The minimum Gasteiger partial charge on any atom is -0.456 e. The lowest BCUT2D eigenvalue weighted by Gasteiger charge is -2.28. The van der Waals surface area contributed by atoms with Crippen LogP contribution in [0.3, 0.4) is 0 Å². The minimum atomic E-state index is 0.624. The molecule has 0 aliphatic heterocycles. The highest BCUT2D eigenvalue weighted by molar-refractivity contribution is 5.96. The highest BCUT2D eigenvalue weighted by atomic mass is 16.5. The minimum absolute atomic E-state index is 0.624. The summed E-state index contributed by atoms with van der Waals surface area (Å²) in [5.41, 5.74) is 4.88. The Labute approximate surface area is 184 Å². The first-order valence-corrected chi connectivity index (χ1v) is 11.1. The normalized spacial score (nSPS) is 15.5. The molecule has 31 heavy (non-hydrogen) atoms. The Bertz CT molecular complexity index is 1260. The summed E-state index contributed by atoms with van der Waals surface area (Å²) in [6.07, 6.45) is 3.18. The van der Waals surface area contributed by atoms with E-state index < -0.39 is 0 Å². The molecule has 1 aliphatic rings. The Hall–Kier alpha value is -3.26. The van der Waals surface area contributed by atoms with Crippen LogP contribution >= 0.6 is 0 Å². The molecule has 0 saturated heterocycles. The van der Waals surface area contributed by atoms with Gasteiger partial charge in [-0.05, 0) is 62.3 Å². The Balaban J connectivity index is 1.74. The Morgan fingerprint density at radius 1 is 0.645 bits per heavy atom. The summed E-state index contributed by atoms with van der Waals surface area (Å²) >= 11 is 0. The predicted molar refractivity (Wildman–Crippen MR) is 128 cm³/mol. The van der Waals surface area contributed by atoms with Gasteiger partial charge in [-0.2, -0.15) is 0 Å². The molecule has 1 unspecified atom stereocenters. The maximum absolute atomic E-state index is 6.64. The highest BCUT2D eigenvalue weighted by Crippen LogP contribution is 2.48. The van der Waals surface area contributed by atoms with Crippen molar-refractivity contribution in [3.63, 3.8) is 0 Å². The van der Waals surface area contributed by atoms with E-state index in [-0.39, 0.29) is 0 Å². The second-order valence-electron chi connectivity index (χ2n) is 8.74. The lowest BCUT2D eigenvalue weighted by atomic mass is 9.82. The van der Waals surface area contributed by atoms with Crippen molar-refractivity contribution in [2.24, 2.45) is 5.92 Å². The highest BCUT2D eigenvalue weighted by Gasteiger charge is 2.27. The number of rotatable bonds is 4. The van der Waals surface area contributed by atoms with Gasteiger partial charge in [0.1, 0.15) is 23.0 Å². The third kappa shape index (κ3) is 3.67. The maximum atomic E-state index is 6.64. The summed E-state index contributed by atoms with van der Waals surface area (Å²) in [7, 11) is 0. The molecular weight excluding hydrogens is 380 g/mol. The molecule has 4 aromatic carbocycles. The van der Waals surface area contributed by atoms with Gasteiger partial charge in [0, 0.05) is 21.9 Å². The lowest BCUT2D eigenvalue weighted by Crippen LogP contribution is -2.14. The Kier molecular flexibility index (Phi) is 5.15. The van der Waals surface area contributed by atoms with Gasteiger partial charge in [-0.15, -0.1) is 0 Å². The number of fused-ring (bicyclic) bond motifs is 2. The first-order valence-electron chi connectivity index (χ1n) is 11.1. The zero-order chi connectivity index (χ0) is 21.4. The smallest absolute Gasteiger partial charge is 0.139 e. The van der Waals surface area contributed by atoms with E-state index >= 15 is 0 Å². The summed E-state index contributed by atoms with van der Waals surface area (Å²) in [6, 6.07) is 25.0. The number of benzene rings is 4. The number of para-hydroxylation sites is 2. The molecule has 0 saturated carbocycles. The molecule has 2 heteroatoms. The molecule has 0 heterocycles. The summed E-state index contributed by atoms with van der Waals surface area (Å²) in [4.78, 5) is 0. The van der Waals surface area contributed by atoms with Crippen LogP contribution in [0.1, 0.15) is 35.6 Å². The zero-order valence-electron chi connectivity index (χ0n) is 18.4. The van der Waals surface area contributed by atoms with Gasteiger partial charge in [-0.1, -0.05) is 67.6 Å². The molecule has 0 N–H and O–H groups in total. The topological polar surface area (TPSA) is 18.5 Å². The van der Waals surface area contributed by atoms with Gasteiger partial charge in [0.15, 0.2) is 0 Å². The van der Waals surface area contributed by atoms with E-state index in [1.54, 1.807) is 0 Å². The molecule has 0 radical (unpaired) electrons. The molecule has 0 fully saturated rings. The molecule has 0 spiro atoms. The van der Waals surface area contributed by atoms with Crippen LogP contribution in [-0.2, 0) is 12.8 Å². The van der Waals surface area contributed by atoms with Crippen molar-refractivity contribution in [2.45, 2.75) is 40.0 Å². The van der Waals surface area contributed by atoms with Gasteiger partial charge in [0.05, 0.1) is 0 Å². The van der Waals surface area contributed by atoms with Crippen molar-refractivity contribution in [3.05, 3.63) is 95.1 Å². The molecule has 156 valence electrons. The molecule has 2 nitrogen and oxygen atoms in total. The van der Waals surface area contributed by atoms with Gasteiger partial charge in [-0.3, -0.25) is 0 Å². The third-order valence-corrected chi connectivity index (χ3v) is 6.38. The van der Waals surface area contributed by atoms with Crippen LogP contribution in [0.25, 0.3) is 10.8 Å². The third-order valence-electron chi connectivity index (χ3n) is 6.38. The quantitative estimate of drug-likeness (QED) is 0.339. The van der Waals surface area contributed by atoms with Crippen molar-refractivity contribution >= 4 is 10.8 Å². The monoisotopic (exact) mass is 408 g/mol. The van der Waals surface area contributed by atoms with E-state index in [2.05, 4.69) is 81.4 Å². The van der Waals surface area contributed by atoms with Gasteiger partial charge in [0.25, 0.3) is 0 Å². The van der Waals surface area contributed by atoms with Gasteiger partial charge >= 0.3 is 0 Å².